The lowest BCUT2D eigenvalue weighted by Crippen LogP contribution is -2.30. The van der Waals surface area contributed by atoms with Gasteiger partial charge in [-0.15, -0.1) is 0 Å². The van der Waals surface area contributed by atoms with E-state index in [1.165, 1.54) is 17.5 Å². The van der Waals surface area contributed by atoms with E-state index < -0.39 is 0 Å². The first kappa shape index (κ1) is 15.0. The van der Waals surface area contributed by atoms with Crippen LogP contribution in [0.15, 0.2) is 18.2 Å². The lowest BCUT2D eigenvalue weighted by Gasteiger charge is -2.16. The van der Waals surface area contributed by atoms with Gasteiger partial charge in [0.05, 0.1) is 0 Å². The smallest absolute Gasteiger partial charge is 0.120 e. The highest BCUT2D eigenvalue weighted by Crippen LogP contribution is 2.17. The first-order chi connectivity index (χ1) is 8.49. The fourth-order valence-corrected chi connectivity index (χ4v) is 1.76. The summed E-state index contributed by atoms with van der Waals surface area (Å²) >= 11 is 0. The lowest BCUT2D eigenvalue weighted by molar-refractivity contribution is 0.216. The highest BCUT2D eigenvalue weighted by atomic mass is 16.5. The predicted molar refractivity (Wildman–Crippen MR) is 78.3 cm³/mol. The maximum Gasteiger partial charge on any atom is 0.120 e. The number of aryl methyl sites for hydroxylation is 2. The minimum atomic E-state index is 0.208. The number of hydrogen-bond acceptors (Lipinski definition) is 2. The summed E-state index contributed by atoms with van der Waals surface area (Å²) in [7, 11) is 0. The Kier molecular flexibility index (Phi) is 6.20. The maximum atomic E-state index is 5.89. The third kappa shape index (κ3) is 5.54. The fraction of sp³-hybridized carbons (Fsp3) is 0.625. The summed E-state index contributed by atoms with van der Waals surface area (Å²) in [5.41, 5.74) is 2.59. The number of rotatable bonds is 7. The van der Waals surface area contributed by atoms with Crippen molar-refractivity contribution in [3.63, 3.8) is 0 Å². The SMILES string of the molecule is Cc1ccc(OC(C)CNCCC(C)C)cc1C. The van der Waals surface area contributed by atoms with E-state index in [4.69, 9.17) is 4.74 Å². The summed E-state index contributed by atoms with van der Waals surface area (Å²) in [5.74, 6) is 1.73. The van der Waals surface area contributed by atoms with Gasteiger partial charge in [0.25, 0.3) is 0 Å². The van der Waals surface area contributed by atoms with Crippen molar-refractivity contribution >= 4 is 0 Å². The minimum Gasteiger partial charge on any atom is -0.489 e. The Morgan fingerprint density at radius 2 is 1.83 bits per heavy atom. The Morgan fingerprint density at radius 3 is 2.44 bits per heavy atom. The number of nitrogens with one attached hydrogen (secondary N) is 1. The quantitative estimate of drug-likeness (QED) is 0.744. The Morgan fingerprint density at radius 1 is 1.11 bits per heavy atom. The average Bonchev–Trinajstić information content (AvgIpc) is 2.29. The van der Waals surface area contributed by atoms with Gasteiger partial charge >= 0.3 is 0 Å². The Hall–Kier alpha value is -1.02. The zero-order chi connectivity index (χ0) is 13.5. The van der Waals surface area contributed by atoms with Crippen LogP contribution in [-0.4, -0.2) is 19.2 Å². The second kappa shape index (κ2) is 7.42. The monoisotopic (exact) mass is 249 g/mol. The van der Waals surface area contributed by atoms with Gasteiger partial charge in [-0.25, -0.2) is 0 Å². The lowest BCUT2D eigenvalue weighted by atomic mass is 10.1. The van der Waals surface area contributed by atoms with Gasteiger partial charge in [0.1, 0.15) is 11.9 Å². The number of hydrogen-bond donors (Lipinski definition) is 1. The van der Waals surface area contributed by atoms with Crippen molar-refractivity contribution in [2.24, 2.45) is 5.92 Å². The Labute approximate surface area is 112 Å². The molecular weight excluding hydrogens is 222 g/mol. The molecule has 0 amide bonds. The molecule has 0 aliphatic carbocycles. The van der Waals surface area contributed by atoms with Crippen LogP contribution in [0.2, 0.25) is 0 Å². The van der Waals surface area contributed by atoms with Crippen LogP contribution in [0, 0.1) is 19.8 Å². The minimum absolute atomic E-state index is 0.208. The van der Waals surface area contributed by atoms with Crippen LogP contribution in [0.4, 0.5) is 0 Å². The zero-order valence-corrected chi connectivity index (χ0v) is 12.4. The van der Waals surface area contributed by atoms with Crippen LogP contribution in [0.5, 0.6) is 5.75 Å². The van der Waals surface area contributed by atoms with Crippen LogP contribution in [0.25, 0.3) is 0 Å². The molecule has 1 aromatic carbocycles. The van der Waals surface area contributed by atoms with Gasteiger partial charge in [0.15, 0.2) is 0 Å². The molecule has 0 fully saturated rings. The molecule has 18 heavy (non-hydrogen) atoms. The third-order valence-electron chi connectivity index (χ3n) is 3.15. The summed E-state index contributed by atoms with van der Waals surface area (Å²) < 4.78 is 5.89. The molecular formula is C16H27NO. The van der Waals surface area contributed by atoms with E-state index in [1.807, 2.05) is 6.07 Å². The van der Waals surface area contributed by atoms with E-state index in [-0.39, 0.29) is 6.10 Å². The van der Waals surface area contributed by atoms with E-state index >= 15 is 0 Å². The fourth-order valence-electron chi connectivity index (χ4n) is 1.76. The van der Waals surface area contributed by atoms with Gasteiger partial charge in [-0.2, -0.15) is 0 Å². The van der Waals surface area contributed by atoms with Crippen molar-refractivity contribution in [2.75, 3.05) is 13.1 Å². The molecule has 2 heteroatoms. The largest absolute Gasteiger partial charge is 0.489 e. The van der Waals surface area contributed by atoms with Gasteiger partial charge in [-0.1, -0.05) is 19.9 Å². The third-order valence-corrected chi connectivity index (χ3v) is 3.15. The second-order valence-electron chi connectivity index (χ2n) is 5.56. The van der Waals surface area contributed by atoms with Gasteiger partial charge in [-0.05, 0) is 62.9 Å². The summed E-state index contributed by atoms with van der Waals surface area (Å²) in [5, 5.41) is 3.44. The summed E-state index contributed by atoms with van der Waals surface area (Å²) in [6.07, 6.45) is 1.43. The van der Waals surface area contributed by atoms with E-state index in [0.717, 1.165) is 24.8 Å². The molecule has 0 spiro atoms. The molecule has 1 rings (SSSR count). The van der Waals surface area contributed by atoms with E-state index in [1.54, 1.807) is 0 Å². The van der Waals surface area contributed by atoms with Gasteiger partial charge in [0, 0.05) is 6.54 Å². The molecule has 1 unspecified atom stereocenters. The maximum absolute atomic E-state index is 5.89. The molecule has 0 aliphatic heterocycles. The van der Waals surface area contributed by atoms with Gasteiger partial charge in [-0.3, -0.25) is 0 Å². The molecule has 0 heterocycles. The standard InChI is InChI=1S/C16H27NO/c1-12(2)8-9-17-11-15(5)18-16-7-6-13(3)14(4)10-16/h6-7,10,12,15,17H,8-9,11H2,1-5H3. The van der Waals surface area contributed by atoms with Crippen molar-refractivity contribution in [3.8, 4) is 5.75 Å². The van der Waals surface area contributed by atoms with Crippen molar-refractivity contribution in [1.29, 1.82) is 0 Å². The number of ether oxygens (including phenoxy) is 1. The average molecular weight is 249 g/mol. The summed E-state index contributed by atoms with van der Waals surface area (Å²) in [6.45, 7) is 12.8. The van der Waals surface area contributed by atoms with Crippen LogP contribution >= 0.6 is 0 Å². The molecule has 0 aliphatic rings. The molecule has 102 valence electrons. The Bertz CT molecular complexity index is 360. The molecule has 0 radical (unpaired) electrons. The highest BCUT2D eigenvalue weighted by molar-refractivity contribution is 5.33. The van der Waals surface area contributed by atoms with Crippen LogP contribution in [0.3, 0.4) is 0 Å². The van der Waals surface area contributed by atoms with Crippen molar-refractivity contribution in [3.05, 3.63) is 29.3 Å². The van der Waals surface area contributed by atoms with Crippen molar-refractivity contribution < 1.29 is 4.74 Å². The second-order valence-corrected chi connectivity index (χ2v) is 5.56. The normalized spacial score (nSPS) is 12.8. The van der Waals surface area contributed by atoms with E-state index in [2.05, 4.69) is 52.1 Å². The number of benzene rings is 1. The molecule has 0 aromatic heterocycles. The zero-order valence-electron chi connectivity index (χ0n) is 12.4. The van der Waals surface area contributed by atoms with Crippen LogP contribution in [0.1, 0.15) is 38.3 Å². The molecule has 0 bridgehead atoms. The topological polar surface area (TPSA) is 21.3 Å². The molecule has 0 saturated heterocycles. The van der Waals surface area contributed by atoms with Gasteiger partial charge in [0.2, 0.25) is 0 Å². The van der Waals surface area contributed by atoms with E-state index in [9.17, 15) is 0 Å². The summed E-state index contributed by atoms with van der Waals surface area (Å²) in [4.78, 5) is 0. The Balaban J connectivity index is 2.31. The van der Waals surface area contributed by atoms with Crippen molar-refractivity contribution in [1.82, 2.24) is 5.32 Å². The first-order valence-corrected chi connectivity index (χ1v) is 6.93. The van der Waals surface area contributed by atoms with Gasteiger partial charge < -0.3 is 10.1 Å². The van der Waals surface area contributed by atoms with E-state index in [0.29, 0.717) is 0 Å². The van der Waals surface area contributed by atoms with Crippen LogP contribution in [-0.2, 0) is 0 Å². The predicted octanol–water partition coefficient (Wildman–Crippen LogP) is 3.71. The highest BCUT2D eigenvalue weighted by Gasteiger charge is 2.04. The molecule has 1 atom stereocenters. The van der Waals surface area contributed by atoms with Crippen molar-refractivity contribution in [2.45, 2.75) is 47.1 Å². The first-order valence-electron chi connectivity index (χ1n) is 6.93. The molecule has 0 saturated carbocycles. The molecule has 1 aromatic rings. The molecule has 1 N–H and O–H groups in total. The molecule has 2 nitrogen and oxygen atoms in total. The van der Waals surface area contributed by atoms with Crippen LogP contribution < -0.4 is 10.1 Å². The summed E-state index contributed by atoms with van der Waals surface area (Å²) in [6, 6.07) is 6.27.